The van der Waals surface area contributed by atoms with E-state index in [4.69, 9.17) is 18.1 Å². The van der Waals surface area contributed by atoms with Gasteiger partial charge in [-0.15, -0.1) is 0 Å². The molecule has 0 saturated carbocycles. The summed E-state index contributed by atoms with van der Waals surface area (Å²) in [5.74, 6) is 0. The van der Waals surface area contributed by atoms with Gasteiger partial charge in [-0.1, -0.05) is 157 Å². The summed E-state index contributed by atoms with van der Waals surface area (Å²) in [7, 11) is 0. The smallest absolute Gasteiger partial charge is 0.143 e. The number of furan rings is 1. The molecule has 9 rings (SSSR count). The van der Waals surface area contributed by atoms with Crippen LogP contribution in [0.5, 0.6) is 0 Å². The summed E-state index contributed by atoms with van der Waals surface area (Å²) in [6.07, 6.45) is 0. The van der Waals surface area contributed by atoms with Crippen LogP contribution in [0.15, 0.2) is 174 Å². The van der Waals surface area contributed by atoms with Crippen LogP contribution >= 0.6 is 0 Å². The minimum Gasteiger partial charge on any atom is -0.455 e. The number of para-hydroxylation sites is 1. The fourth-order valence-electron chi connectivity index (χ4n) is 6.48. The predicted molar refractivity (Wildman–Crippen MR) is 190 cm³/mol. The lowest BCUT2D eigenvalue weighted by molar-refractivity contribution is 0.670. The standard InChI is InChI=1S/C44H28O/c1-3-12-29(13-4-1)30-22-24-32(25-23-30)42-36-16-7-9-18-38(36)43(39-19-10-8-17-37(39)42)33-26-27-35-40-21-11-20-34(31-14-5-2-6-15-31)44(40)45-41(35)28-33/h1-28H/i1D,2D,3D,4D,5D,6D,12D,13D,14D,15D. The van der Waals surface area contributed by atoms with Crippen LogP contribution in [-0.2, 0) is 0 Å². The molecule has 0 bridgehead atoms. The lowest BCUT2D eigenvalue weighted by atomic mass is 9.85. The van der Waals surface area contributed by atoms with E-state index in [9.17, 15) is 0 Å². The highest BCUT2D eigenvalue weighted by molar-refractivity contribution is 6.22. The van der Waals surface area contributed by atoms with Crippen molar-refractivity contribution >= 4 is 43.5 Å². The molecular formula is C44H28O. The van der Waals surface area contributed by atoms with Crippen molar-refractivity contribution in [2.45, 2.75) is 0 Å². The first-order valence-electron chi connectivity index (χ1n) is 19.6. The van der Waals surface area contributed by atoms with Gasteiger partial charge < -0.3 is 4.42 Å². The number of fused-ring (bicyclic) bond motifs is 5. The van der Waals surface area contributed by atoms with Gasteiger partial charge in [0.15, 0.2) is 0 Å². The van der Waals surface area contributed by atoms with E-state index in [2.05, 4.69) is 30.3 Å². The van der Waals surface area contributed by atoms with Crippen LogP contribution in [-0.4, -0.2) is 0 Å². The highest BCUT2D eigenvalue weighted by Crippen LogP contribution is 2.45. The summed E-state index contributed by atoms with van der Waals surface area (Å²) in [5.41, 5.74) is 6.03. The SMILES string of the molecule is [2H]c1c([2H])c([2H])c(-c2ccc(-c3c4ccccc4c(-c4ccc5c(c4)oc4c(-c6c([2H])c([2H])c([2H])c([2H])c6[2H])cccc45)c4ccccc34)cc2)c([2H])c1[2H]. The fourth-order valence-corrected chi connectivity index (χ4v) is 6.48. The van der Waals surface area contributed by atoms with E-state index >= 15 is 0 Å². The molecule has 0 aliphatic carbocycles. The number of hydrogen-bond donors (Lipinski definition) is 0. The van der Waals surface area contributed by atoms with Gasteiger partial charge >= 0.3 is 0 Å². The van der Waals surface area contributed by atoms with Crippen molar-refractivity contribution in [2.75, 3.05) is 0 Å². The van der Waals surface area contributed by atoms with Gasteiger partial charge in [0.2, 0.25) is 0 Å². The quantitative estimate of drug-likeness (QED) is 0.188. The molecule has 0 spiro atoms. The Labute approximate surface area is 275 Å². The molecule has 0 aliphatic rings. The van der Waals surface area contributed by atoms with Crippen LogP contribution in [0.3, 0.4) is 0 Å². The molecule has 9 aromatic rings. The number of rotatable bonds is 4. The van der Waals surface area contributed by atoms with Gasteiger partial charge in [0.25, 0.3) is 0 Å². The van der Waals surface area contributed by atoms with Crippen molar-refractivity contribution in [3.8, 4) is 44.5 Å². The maximum Gasteiger partial charge on any atom is 0.143 e. The monoisotopic (exact) mass is 582 g/mol. The van der Waals surface area contributed by atoms with Gasteiger partial charge in [0, 0.05) is 16.3 Å². The second-order valence-electron chi connectivity index (χ2n) is 10.9. The van der Waals surface area contributed by atoms with Gasteiger partial charge in [0.05, 0.1) is 13.7 Å². The summed E-state index contributed by atoms with van der Waals surface area (Å²) in [6.45, 7) is 0. The summed E-state index contributed by atoms with van der Waals surface area (Å²) >= 11 is 0. The molecular weight excluding hydrogens is 544 g/mol. The van der Waals surface area contributed by atoms with Crippen molar-refractivity contribution < 1.29 is 18.1 Å². The van der Waals surface area contributed by atoms with Crippen molar-refractivity contribution in [3.63, 3.8) is 0 Å². The van der Waals surface area contributed by atoms with Crippen molar-refractivity contribution in [3.05, 3.63) is 170 Å². The molecule has 0 fully saturated rings. The number of hydrogen-bond acceptors (Lipinski definition) is 1. The minimum atomic E-state index is -0.448. The van der Waals surface area contributed by atoms with E-state index in [1.54, 1.807) is 24.3 Å². The largest absolute Gasteiger partial charge is 0.455 e. The summed E-state index contributed by atoms with van der Waals surface area (Å²) in [4.78, 5) is 0. The van der Waals surface area contributed by atoms with E-state index in [0.29, 0.717) is 22.3 Å². The third-order valence-electron chi connectivity index (χ3n) is 8.45. The molecule has 45 heavy (non-hydrogen) atoms. The first kappa shape index (κ1) is 17.4. The predicted octanol–water partition coefficient (Wildman–Crippen LogP) is 12.6. The van der Waals surface area contributed by atoms with Gasteiger partial charge in [-0.3, -0.25) is 0 Å². The maximum absolute atomic E-state index is 8.60. The molecule has 0 saturated heterocycles. The topological polar surface area (TPSA) is 13.1 Å². The van der Waals surface area contributed by atoms with E-state index < -0.39 is 24.2 Å². The fraction of sp³-hybridized carbons (Fsp3) is 0. The molecule has 0 aliphatic heterocycles. The Morgan fingerprint density at radius 1 is 0.378 bits per heavy atom. The molecule has 210 valence electrons. The Balaban J connectivity index is 1.23. The summed E-state index contributed by atoms with van der Waals surface area (Å²) < 4.78 is 89.5. The van der Waals surface area contributed by atoms with Gasteiger partial charge in [0.1, 0.15) is 11.2 Å². The van der Waals surface area contributed by atoms with Crippen LogP contribution < -0.4 is 0 Å². The Hall–Kier alpha value is -5.92. The van der Waals surface area contributed by atoms with Crippen LogP contribution in [0, 0.1) is 0 Å². The van der Waals surface area contributed by atoms with Crippen molar-refractivity contribution in [1.82, 2.24) is 0 Å². The first-order chi connectivity index (χ1) is 26.5. The molecule has 1 aromatic heterocycles. The summed E-state index contributed by atoms with van der Waals surface area (Å²) in [5, 5.41) is 5.60. The lowest BCUT2D eigenvalue weighted by Crippen LogP contribution is -1.91. The zero-order valence-corrected chi connectivity index (χ0v) is 23.8. The van der Waals surface area contributed by atoms with Crippen LogP contribution in [0.4, 0.5) is 0 Å². The van der Waals surface area contributed by atoms with E-state index in [-0.39, 0.29) is 47.4 Å². The van der Waals surface area contributed by atoms with Crippen LogP contribution in [0.1, 0.15) is 13.7 Å². The molecule has 1 nitrogen and oxygen atoms in total. The molecule has 1 heteroatoms. The zero-order valence-electron chi connectivity index (χ0n) is 33.8. The number of benzene rings is 8. The summed E-state index contributed by atoms with van der Waals surface area (Å²) in [6, 6.07) is 31.7. The molecule has 0 atom stereocenters. The highest BCUT2D eigenvalue weighted by Gasteiger charge is 2.18. The molecule has 0 N–H and O–H groups in total. The minimum absolute atomic E-state index is 0.0878. The van der Waals surface area contributed by atoms with Crippen LogP contribution in [0.2, 0.25) is 0 Å². The molecule has 0 amide bonds. The molecule has 0 unspecified atom stereocenters. The van der Waals surface area contributed by atoms with E-state index in [1.807, 2.05) is 54.6 Å². The van der Waals surface area contributed by atoms with E-state index in [1.165, 1.54) is 0 Å². The van der Waals surface area contributed by atoms with Crippen molar-refractivity contribution in [1.29, 1.82) is 0 Å². The first-order valence-corrected chi connectivity index (χ1v) is 14.6. The van der Waals surface area contributed by atoms with Gasteiger partial charge in [-0.2, -0.15) is 0 Å². The Bertz CT molecular complexity index is 2980. The van der Waals surface area contributed by atoms with Gasteiger partial charge in [-0.05, 0) is 72.6 Å². The lowest BCUT2D eigenvalue weighted by Gasteiger charge is -2.18. The third-order valence-corrected chi connectivity index (χ3v) is 8.45. The van der Waals surface area contributed by atoms with Crippen LogP contribution in [0.25, 0.3) is 88.0 Å². The molecule has 8 aromatic carbocycles. The maximum atomic E-state index is 8.60. The zero-order chi connectivity index (χ0) is 38.4. The van der Waals surface area contributed by atoms with Gasteiger partial charge in [-0.25, -0.2) is 0 Å². The average Bonchev–Trinajstić information content (AvgIpc) is 3.59. The molecule has 1 heterocycles. The highest BCUT2D eigenvalue weighted by atomic mass is 16.3. The normalized spacial score (nSPS) is 14.7. The van der Waals surface area contributed by atoms with Crippen molar-refractivity contribution in [2.24, 2.45) is 0 Å². The average molecular weight is 583 g/mol. The second-order valence-corrected chi connectivity index (χ2v) is 10.9. The Kier molecular flexibility index (Phi) is 4.01. The Morgan fingerprint density at radius 2 is 0.889 bits per heavy atom. The Morgan fingerprint density at radius 3 is 1.51 bits per heavy atom. The molecule has 0 radical (unpaired) electrons. The second kappa shape index (κ2) is 10.4. The van der Waals surface area contributed by atoms with E-state index in [0.717, 1.165) is 54.6 Å². The third kappa shape index (κ3) is 4.17.